The number of rotatable bonds is 3. The quantitative estimate of drug-likeness (QED) is 0.724. The van der Waals surface area contributed by atoms with Crippen LogP contribution in [0.4, 0.5) is 16.0 Å². The van der Waals surface area contributed by atoms with Gasteiger partial charge in [0.15, 0.2) is 5.82 Å². The molecule has 1 aromatic heterocycles. The predicted octanol–water partition coefficient (Wildman–Crippen LogP) is 3.26. The number of amides is 2. The van der Waals surface area contributed by atoms with Gasteiger partial charge in [-0.3, -0.25) is 14.9 Å². The number of nitrogens with zero attached hydrogens (tertiary/aromatic N) is 3. The zero-order chi connectivity index (χ0) is 19.0. The molecule has 0 unspecified atom stereocenters. The number of carbonyl (C=O) groups is 2. The Kier molecular flexibility index (Phi) is 4.33. The maximum atomic E-state index is 13.0. The van der Waals surface area contributed by atoms with Crippen LogP contribution in [-0.4, -0.2) is 26.6 Å². The number of aromatic nitrogens is 3. The van der Waals surface area contributed by atoms with E-state index in [2.05, 4.69) is 20.7 Å². The van der Waals surface area contributed by atoms with E-state index in [9.17, 15) is 14.0 Å². The summed E-state index contributed by atoms with van der Waals surface area (Å²) in [4.78, 5) is 28.9. The van der Waals surface area contributed by atoms with Crippen LogP contribution < -0.4 is 10.6 Å². The van der Waals surface area contributed by atoms with Gasteiger partial charge in [-0.25, -0.2) is 9.07 Å². The molecule has 2 amide bonds. The smallest absolute Gasteiger partial charge is 0.249 e. The Balaban J connectivity index is 1.63. The first-order chi connectivity index (χ1) is 13.0. The Hall–Kier alpha value is -3.26. The lowest BCUT2D eigenvalue weighted by Gasteiger charge is -2.22. The van der Waals surface area contributed by atoms with E-state index in [1.807, 2.05) is 0 Å². The number of hydrogen-bond acceptors (Lipinski definition) is 4. The highest BCUT2D eigenvalue weighted by Crippen LogP contribution is 2.28. The fraction of sp³-hybridized carbons (Fsp3) is 0.111. The summed E-state index contributed by atoms with van der Waals surface area (Å²) in [5, 5.41) is 10.2. The van der Waals surface area contributed by atoms with Crippen molar-refractivity contribution in [2.24, 2.45) is 0 Å². The molecule has 2 heterocycles. The Bertz CT molecular complexity index is 1020. The van der Waals surface area contributed by atoms with Crippen molar-refractivity contribution in [3.05, 3.63) is 59.4 Å². The first kappa shape index (κ1) is 17.2. The third-order valence-corrected chi connectivity index (χ3v) is 4.33. The van der Waals surface area contributed by atoms with Crippen LogP contribution >= 0.6 is 11.6 Å². The van der Waals surface area contributed by atoms with Gasteiger partial charge in [-0.2, -0.15) is 4.98 Å². The first-order valence-electron chi connectivity index (χ1n) is 8.08. The molecule has 1 atom stereocenters. The Morgan fingerprint density at radius 1 is 1.19 bits per heavy atom. The van der Waals surface area contributed by atoms with Gasteiger partial charge in [-0.1, -0.05) is 11.6 Å². The lowest BCUT2D eigenvalue weighted by Crippen LogP contribution is -2.36. The molecule has 7 nitrogen and oxygen atoms in total. The van der Waals surface area contributed by atoms with Gasteiger partial charge in [0.25, 0.3) is 0 Å². The maximum absolute atomic E-state index is 13.0. The molecular weight excluding hydrogens is 373 g/mol. The zero-order valence-corrected chi connectivity index (χ0v) is 14.6. The van der Waals surface area contributed by atoms with Crippen LogP contribution in [0.1, 0.15) is 12.5 Å². The number of nitrogens with one attached hydrogen (secondary N) is 2. The lowest BCUT2D eigenvalue weighted by molar-refractivity contribution is -0.125. The van der Waals surface area contributed by atoms with Gasteiger partial charge < -0.3 is 5.32 Å². The molecule has 1 aliphatic rings. The minimum atomic E-state index is -0.868. The monoisotopic (exact) mass is 385 g/mol. The van der Waals surface area contributed by atoms with Crippen LogP contribution in [-0.2, 0) is 9.59 Å². The van der Waals surface area contributed by atoms with E-state index in [0.717, 1.165) is 0 Å². The topological polar surface area (TPSA) is 88.9 Å². The van der Waals surface area contributed by atoms with Gasteiger partial charge in [0.2, 0.25) is 17.8 Å². The van der Waals surface area contributed by atoms with Crippen molar-refractivity contribution in [3.63, 3.8) is 0 Å². The molecule has 0 saturated carbocycles. The van der Waals surface area contributed by atoms with E-state index in [1.165, 1.54) is 28.9 Å². The summed E-state index contributed by atoms with van der Waals surface area (Å²) < 4.78 is 14.4. The minimum absolute atomic E-state index is 0.0799. The third-order valence-electron chi connectivity index (χ3n) is 4.07. The molecule has 0 fully saturated rings. The molecular formula is C18H13ClFN5O2. The lowest BCUT2D eigenvalue weighted by atomic mass is 10.1. The average Bonchev–Trinajstić information content (AvgIpc) is 3.07. The second-order valence-corrected chi connectivity index (χ2v) is 6.41. The highest BCUT2D eigenvalue weighted by molar-refractivity contribution is 6.30. The van der Waals surface area contributed by atoms with E-state index >= 15 is 0 Å². The molecule has 4 rings (SSSR count). The van der Waals surface area contributed by atoms with E-state index in [1.54, 1.807) is 24.3 Å². The third kappa shape index (κ3) is 3.52. The molecule has 3 aromatic rings. The van der Waals surface area contributed by atoms with E-state index < -0.39 is 17.8 Å². The number of hydrogen-bond donors (Lipinski definition) is 2. The van der Waals surface area contributed by atoms with Crippen molar-refractivity contribution in [2.45, 2.75) is 12.5 Å². The van der Waals surface area contributed by atoms with Crippen molar-refractivity contribution >= 4 is 35.1 Å². The first-order valence-corrected chi connectivity index (χ1v) is 8.46. The molecule has 9 heteroatoms. The minimum Gasteiger partial charge on any atom is -0.324 e. The summed E-state index contributed by atoms with van der Waals surface area (Å²) in [5.74, 6) is -0.628. The molecule has 2 N–H and O–H groups in total. The van der Waals surface area contributed by atoms with Gasteiger partial charge in [0.1, 0.15) is 11.9 Å². The van der Waals surface area contributed by atoms with Crippen molar-refractivity contribution in [2.75, 3.05) is 10.6 Å². The summed E-state index contributed by atoms with van der Waals surface area (Å²) in [6, 6.07) is 11.4. The molecule has 1 aliphatic heterocycles. The van der Waals surface area contributed by atoms with E-state index in [0.29, 0.717) is 22.1 Å². The predicted molar refractivity (Wildman–Crippen MR) is 97.8 cm³/mol. The molecule has 27 heavy (non-hydrogen) atoms. The molecule has 0 saturated heterocycles. The summed E-state index contributed by atoms with van der Waals surface area (Å²) in [5.41, 5.74) is 1.13. The van der Waals surface area contributed by atoms with Crippen molar-refractivity contribution in [1.29, 1.82) is 0 Å². The zero-order valence-electron chi connectivity index (χ0n) is 13.8. The standard InChI is InChI=1S/C18H13ClFN5O2/c19-11-3-1-10(2-4-11)16-23-18-22-15(26)9-14(25(18)24-16)17(27)21-13-7-5-12(20)6-8-13/h1-8,14H,9H2,(H,21,27)(H,22,23,24,26)/t14-/m1/s1. The molecule has 0 radical (unpaired) electrons. The summed E-state index contributed by atoms with van der Waals surface area (Å²) >= 11 is 5.89. The number of fused-ring (bicyclic) bond motifs is 1. The van der Waals surface area contributed by atoms with Crippen LogP contribution in [0.2, 0.25) is 5.02 Å². The van der Waals surface area contributed by atoms with Gasteiger partial charge in [-0.05, 0) is 48.5 Å². The summed E-state index contributed by atoms with van der Waals surface area (Å²) in [7, 11) is 0. The van der Waals surface area contributed by atoms with Crippen molar-refractivity contribution < 1.29 is 14.0 Å². The van der Waals surface area contributed by atoms with Crippen LogP contribution in [0, 0.1) is 5.82 Å². The van der Waals surface area contributed by atoms with Crippen LogP contribution in [0.15, 0.2) is 48.5 Å². The number of benzene rings is 2. The normalized spacial score (nSPS) is 15.8. The van der Waals surface area contributed by atoms with Crippen LogP contribution in [0.3, 0.4) is 0 Å². The Morgan fingerprint density at radius 2 is 1.89 bits per heavy atom. The van der Waals surface area contributed by atoms with Crippen LogP contribution in [0.5, 0.6) is 0 Å². The number of anilines is 2. The fourth-order valence-corrected chi connectivity index (χ4v) is 2.87. The van der Waals surface area contributed by atoms with E-state index in [4.69, 9.17) is 11.6 Å². The molecule has 0 spiro atoms. The fourth-order valence-electron chi connectivity index (χ4n) is 2.75. The second-order valence-electron chi connectivity index (χ2n) is 5.97. The van der Waals surface area contributed by atoms with Crippen molar-refractivity contribution in [3.8, 4) is 11.4 Å². The molecule has 2 aromatic carbocycles. The van der Waals surface area contributed by atoms with Gasteiger partial charge in [0.05, 0.1) is 6.42 Å². The van der Waals surface area contributed by atoms with E-state index in [-0.39, 0.29) is 18.3 Å². The largest absolute Gasteiger partial charge is 0.324 e. The van der Waals surface area contributed by atoms with Gasteiger partial charge in [-0.15, -0.1) is 5.10 Å². The highest BCUT2D eigenvalue weighted by atomic mass is 35.5. The van der Waals surface area contributed by atoms with Crippen molar-refractivity contribution in [1.82, 2.24) is 14.8 Å². The molecule has 136 valence electrons. The summed E-state index contributed by atoms with van der Waals surface area (Å²) in [6.07, 6.45) is -0.0799. The highest BCUT2D eigenvalue weighted by Gasteiger charge is 2.33. The second kappa shape index (κ2) is 6.81. The molecule has 0 aliphatic carbocycles. The maximum Gasteiger partial charge on any atom is 0.249 e. The molecule has 0 bridgehead atoms. The number of carbonyl (C=O) groups excluding carboxylic acids is 2. The number of halogens is 2. The Labute approximate surface area is 158 Å². The van der Waals surface area contributed by atoms with Crippen LogP contribution in [0.25, 0.3) is 11.4 Å². The SMILES string of the molecule is O=C1C[C@H](C(=O)Nc2ccc(F)cc2)n2nc(-c3ccc(Cl)cc3)nc2N1. The van der Waals surface area contributed by atoms with Gasteiger partial charge >= 0.3 is 0 Å². The Morgan fingerprint density at radius 3 is 2.59 bits per heavy atom. The van der Waals surface area contributed by atoms with Gasteiger partial charge in [0, 0.05) is 16.3 Å². The summed E-state index contributed by atoms with van der Waals surface area (Å²) in [6.45, 7) is 0. The average molecular weight is 386 g/mol.